The maximum Gasteiger partial charge on any atom is 0.326 e. The Hall–Kier alpha value is -2.09. The van der Waals surface area contributed by atoms with E-state index in [0.29, 0.717) is 11.5 Å². The van der Waals surface area contributed by atoms with E-state index in [0.717, 1.165) is 11.8 Å². The second-order valence-corrected chi connectivity index (χ2v) is 4.49. The van der Waals surface area contributed by atoms with Gasteiger partial charge in [0.25, 0.3) is 5.91 Å². The summed E-state index contributed by atoms with van der Waals surface area (Å²) in [5.74, 6) is -1.24. The first-order chi connectivity index (χ1) is 8.58. The Morgan fingerprint density at radius 2 is 2.39 bits per heavy atom. The fourth-order valence-electron chi connectivity index (χ4n) is 1.23. The Kier molecular flexibility index (Phi) is 3.47. The number of carbonyl (C=O) groups excluding carboxylic acids is 1. The third-order valence-corrected chi connectivity index (χ3v) is 3.15. The molecule has 0 spiro atoms. The zero-order valence-corrected chi connectivity index (χ0v) is 10.1. The van der Waals surface area contributed by atoms with Crippen LogP contribution in [0.4, 0.5) is 0 Å². The number of rotatable bonds is 3. The zero-order valence-electron chi connectivity index (χ0n) is 9.28. The number of nitrogens with zero attached hydrogens (tertiary/aromatic N) is 2. The molecule has 8 heteroatoms. The second kappa shape index (κ2) is 5.05. The molecule has 2 heterocycles. The van der Waals surface area contributed by atoms with Crippen LogP contribution in [-0.2, 0) is 9.59 Å². The van der Waals surface area contributed by atoms with Crippen LogP contribution in [0.25, 0.3) is 0 Å². The summed E-state index contributed by atoms with van der Waals surface area (Å²) in [6, 6.07) is 3.44. The standard InChI is InChI=1S/C10H9N3O4S/c1-5(6-3-2-4-17-6)12-13-10-11-8(14)7(18-10)9(15)16/h2-4,7H,1H3,(H,15,16)(H,11,13,14)/b12-5-. The molecule has 0 radical (unpaired) electrons. The van der Waals surface area contributed by atoms with Crippen molar-refractivity contribution >= 4 is 34.5 Å². The fraction of sp³-hybridized carbons (Fsp3) is 0.200. The first-order valence-corrected chi connectivity index (χ1v) is 5.82. The summed E-state index contributed by atoms with van der Waals surface area (Å²) in [5, 5.41) is 17.7. The number of carbonyl (C=O) groups is 2. The van der Waals surface area contributed by atoms with Gasteiger partial charge in [-0.2, -0.15) is 0 Å². The second-order valence-electron chi connectivity index (χ2n) is 3.39. The molecule has 7 nitrogen and oxygen atoms in total. The first kappa shape index (κ1) is 12.4. The molecule has 1 aliphatic rings. The number of carboxylic acids is 1. The van der Waals surface area contributed by atoms with Crippen LogP contribution in [-0.4, -0.2) is 33.1 Å². The highest BCUT2D eigenvalue weighted by atomic mass is 32.2. The molecule has 1 aromatic heterocycles. The molecule has 94 valence electrons. The molecule has 1 aliphatic heterocycles. The summed E-state index contributed by atoms with van der Waals surface area (Å²) in [6.07, 6.45) is 1.51. The molecule has 1 amide bonds. The van der Waals surface area contributed by atoms with Gasteiger partial charge in [0.05, 0.1) is 6.26 Å². The van der Waals surface area contributed by atoms with Crippen molar-refractivity contribution in [2.75, 3.05) is 0 Å². The number of amides is 1. The van der Waals surface area contributed by atoms with Gasteiger partial charge in [-0.05, 0) is 19.1 Å². The van der Waals surface area contributed by atoms with Gasteiger partial charge in [-0.25, -0.2) is 0 Å². The Bertz CT molecular complexity index is 535. The van der Waals surface area contributed by atoms with Gasteiger partial charge in [-0.3, -0.25) is 9.59 Å². The minimum atomic E-state index is -1.20. The number of amidine groups is 1. The van der Waals surface area contributed by atoms with Gasteiger partial charge in [0.2, 0.25) is 0 Å². The Morgan fingerprint density at radius 3 is 2.94 bits per heavy atom. The highest BCUT2D eigenvalue weighted by Crippen LogP contribution is 2.19. The third-order valence-electron chi connectivity index (χ3n) is 2.09. The van der Waals surface area contributed by atoms with Crippen LogP contribution in [0.2, 0.25) is 0 Å². The quantitative estimate of drug-likeness (QED) is 0.476. The van der Waals surface area contributed by atoms with E-state index in [2.05, 4.69) is 15.5 Å². The molecule has 1 aromatic rings. The Balaban J connectivity index is 2.10. The zero-order chi connectivity index (χ0) is 13.1. The highest BCUT2D eigenvalue weighted by molar-refractivity contribution is 8.16. The highest BCUT2D eigenvalue weighted by Gasteiger charge is 2.36. The Labute approximate surface area is 106 Å². The van der Waals surface area contributed by atoms with E-state index in [1.807, 2.05) is 0 Å². The van der Waals surface area contributed by atoms with E-state index in [1.54, 1.807) is 19.1 Å². The maximum absolute atomic E-state index is 11.2. The number of thioether (sulfide) groups is 1. The summed E-state index contributed by atoms with van der Waals surface area (Å²) < 4.78 is 5.10. The first-order valence-electron chi connectivity index (χ1n) is 4.94. The largest absolute Gasteiger partial charge is 0.480 e. The van der Waals surface area contributed by atoms with Crippen molar-refractivity contribution in [2.24, 2.45) is 10.2 Å². The van der Waals surface area contributed by atoms with Crippen LogP contribution in [0.3, 0.4) is 0 Å². The molecule has 1 atom stereocenters. The molecule has 0 bridgehead atoms. The van der Waals surface area contributed by atoms with Crippen molar-refractivity contribution in [1.29, 1.82) is 0 Å². The lowest BCUT2D eigenvalue weighted by molar-refractivity contribution is -0.139. The third kappa shape index (κ3) is 2.59. The SMILES string of the molecule is C/C(=N/N=C1\NC(=O)C(C(=O)O)S1)c1ccco1. The number of furan rings is 1. The summed E-state index contributed by atoms with van der Waals surface area (Å²) in [5.41, 5.74) is 0.529. The number of carboxylic acid groups (broad SMARTS) is 1. The van der Waals surface area contributed by atoms with E-state index in [4.69, 9.17) is 9.52 Å². The molecule has 0 saturated carbocycles. The number of hydrogen-bond donors (Lipinski definition) is 2. The van der Waals surface area contributed by atoms with Crippen LogP contribution < -0.4 is 5.32 Å². The number of nitrogens with one attached hydrogen (secondary N) is 1. The van der Waals surface area contributed by atoms with E-state index in [1.165, 1.54) is 6.26 Å². The smallest absolute Gasteiger partial charge is 0.326 e. The number of hydrogen-bond acceptors (Lipinski definition) is 6. The van der Waals surface area contributed by atoms with Gasteiger partial charge in [0, 0.05) is 0 Å². The summed E-state index contributed by atoms with van der Waals surface area (Å²) in [4.78, 5) is 21.9. The molecular formula is C10H9N3O4S. The van der Waals surface area contributed by atoms with Gasteiger partial charge in [-0.15, -0.1) is 10.2 Å². The van der Waals surface area contributed by atoms with Crippen molar-refractivity contribution in [2.45, 2.75) is 12.2 Å². The lowest BCUT2D eigenvalue weighted by atomic mass is 10.3. The van der Waals surface area contributed by atoms with Gasteiger partial charge in [0.15, 0.2) is 10.4 Å². The average molecular weight is 267 g/mol. The van der Waals surface area contributed by atoms with Gasteiger partial charge in [-0.1, -0.05) is 11.8 Å². The summed E-state index contributed by atoms with van der Waals surface area (Å²) >= 11 is 0.818. The molecule has 2 rings (SSSR count). The van der Waals surface area contributed by atoms with Crippen LogP contribution in [0.15, 0.2) is 33.0 Å². The molecule has 2 N–H and O–H groups in total. The predicted octanol–water partition coefficient (Wildman–Crippen LogP) is 0.676. The minimum Gasteiger partial charge on any atom is -0.480 e. The minimum absolute atomic E-state index is 0.165. The van der Waals surface area contributed by atoms with Crippen LogP contribution in [0, 0.1) is 0 Å². The van der Waals surface area contributed by atoms with Crippen LogP contribution in [0.5, 0.6) is 0 Å². The van der Waals surface area contributed by atoms with Gasteiger partial charge < -0.3 is 14.8 Å². The van der Waals surface area contributed by atoms with Crippen LogP contribution in [0.1, 0.15) is 12.7 Å². The molecule has 1 fully saturated rings. The lowest BCUT2D eigenvalue weighted by Gasteiger charge is -1.94. The summed E-state index contributed by atoms with van der Waals surface area (Å²) in [7, 11) is 0. The number of aliphatic carboxylic acids is 1. The van der Waals surface area contributed by atoms with Crippen LogP contribution >= 0.6 is 11.8 Å². The maximum atomic E-state index is 11.2. The lowest BCUT2D eigenvalue weighted by Crippen LogP contribution is -2.29. The van der Waals surface area contributed by atoms with Gasteiger partial charge in [0.1, 0.15) is 11.5 Å². The molecular weight excluding hydrogens is 258 g/mol. The summed E-state index contributed by atoms with van der Waals surface area (Å²) in [6.45, 7) is 1.69. The Morgan fingerprint density at radius 1 is 1.61 bits per heavy atom. The van der Waals surface area contributed by atoms with Gasteiger partial charge >= 0.3 is 5.97 Å². The van der Waals surface area contributed by atoms with Crippen molar-refractivity contribution < 1.29 is 19.1 Å². The molecule has 0 aromatic carbocycles. The topological polar surface area (TPSA) is 104 Å². The molecule has 18 heavy (non-hydrogen) atoms. The normalized spacial score (nSPS) is 22.3. The van der Waals surface area contributed by atoms with Crippen molar-refractivity contribution in [3.63, 3.8) is 0 Å². The molecule has 1 unspecified atom stereocenters. The van der Waals surface area contributed by atoms with Crippen molar-refractivity contribution in [3.8, 4) is 0 Å². The van der Waals surface area contributed by atoms with E-state index < -0.39 is 17.1 Å². The van der Waals surface area contributed by atoms with E-state index in [9.17, 15) is 9.59 Å². The fourth-order valence-corrected chi connectivity index (χ4v) is 1.97. The predicted molar refractivity (Wildman–Crippen MR) is 65.5 cm³/mol. The van der Waals surface area contributed by atoms with E-state index in [-0.39, 0.29) is 5.17 Å². The average Bonchev–Trinajstić information content (AvgIpc) is 2.94. The van der Waals surface area contributed by atoms with Crippen molar-refractivity contribution in [1.82, 2.24) is 5.32 Å². The van der Waals surface area contributed by atoms with E-state index >= 15 is 0 Å². The molecule has 1 saturated heterocycles. The molecule has 0 aliphatic carbocycles. The van der Waals surface area contributed by atoms with Crippen molar-refractivity contribution in [3.05, 3.63) is 24.2 Å². The monoisotopic (exact) mass is 267 g/mol.